The summed E-state index contributed by atoms with van der Waals surface area (Å²) >= 11 is 0. The molecule has 0 saturated heterocycles. The first-order chi connectivity index (χ1) is 9.83. The third kappa shape index (κ3) is 2.67. The van der Waals surface area contributed by atoms with Crippen molar-refractivity contribution >= 4 is 5.78 Å². The molecule has 0 spiro atoms. The number of Topliss-reactive ketones (excluding diaryl/α,β-unsaturated/α-hetero) is 1. The van der Waals surface area contributed by atoms with Gasteiger partial charge in [-0.3, -0.25) is 4.79 Å². The highest BCUT2D eigenvalue weighted by Gasteiger charge is 2.11. The van der Waals surface area contributed by atoms with Gasteiger partial charge in [-0.1, -0.05) is 48.5 Å². The Morgan fingerprint density at radius 1 is 0.950 bits per heavy atom. The lowest BCUT2D eigenvalue weighted by Gasteiger charge is -1.98. The maximum absolute atomic E-state index is 12.1. The number of rotatable bonds is 4. The Kier molecular flexibility index (Phi) is 3.42. The molecule has 0 fully saturated rings. The summed E-state index contributed by atoms with van der Waals surface area (Å²) in [5.74, 6) is 1.15. The highest BCUT2D eigenvalue weighted by Crippen LogP contribution is 2.19. The van der Waals surface area contributed by atoms with Crippen LogP contribution in [0, 0.1) is 0 Å². The Morgan fingerprint density at radius 2 is 1.60 bits per heavy atom. The van der Waals surface area contributed by atoms with E-state index in [-0.39, 0.29) is 12.2 Å². The molecule has 0 amide bonds. The van der Waals surface area contributed by atoms with E-state index in [1.165, 1.54) is 0 Å². The Balaban J connectivity index is 1.77. The van der Waals surface area contributed by atoms with Gasteiger partial charge in [0, 0.05) is 11.1 Å². The number of aromatic nitrogens is 1. The van der Waals surface area contributed by atoms with E-state index in [2.05, 4.69) is 4.98 Å². The quantitative estimate of drug-likeness (QED) is 0.673. The molecule has 3 heteroatoms. The van der Waals surface area contributed by atoms with Crippen molar-refractivity contribution in [2.45, 2.75) is 6.42 Å². The van der Waals surface area contributed by atoms with Crippen molar-refractivity contribution in [1.29, 1.82) is 0 Å². The van der Waals surface area contributed by atoms with Crippen LogP contribution in [0.15, 0.2) is 71.3 Å². The lowest BCUT2D eigenvalue weighted by molar-refractivity contribution is 0.0987. The average molecular weight is 263 g/mol. The van der Waals surface area contributed by atoms with Crippen LogP contribution in [-0.4, -0.2) is 10.8 Å². The van der Waals surface area contributed by atoms with Crippen LogP contribution in [0.1, 0.15) is 16.1 Å². The molecule has 0 radical (unpaired) electrons. The van der Waals surface area contributed by atoms with E-state index >= 15 is 0 Å². The molecule has 0 atom stereocenters. The Labute approximate surface area is 116 Å². The van der Waals surface area contributed by atoms with Crippen LogP contribution >= 0.6 is 0 Å². The minimum absolute atomic E-state index is 0.0290. The predicted molar refractivity (Wildman–Crippen MR) is 76.4 cm³/mol. The van der Waals surface area contributed by atoms with Gasteiger partial charge in [-0.05, 0) is 12.1 Å². The Morgan fingerprint density at radius 3 is 2.30 bits per heavy atom. The van der Waals surface area contributed by atoms with Crippen molar-refractivity contribution in [3.63, 3.8) is 0 Å². The largest absolute Gasteiger partial charge is 0.441 e. The van der Waals surface area contributed by atoms with Crippen molar-refractivity contribution in [1.82, 2.24) is 4.98 Å². The second-order valence-electron chi connectivity index (χ2n) is 4.46. The summed E-state index contributed by atoms with van der Waals surface area (Å²) in [5, 5.41) is 0. The molecule has 0 aliphatic heterocycles. The normalized spacial score (nSPS) is 10.4. The number of carbonyl (C=O) groups excluding carboxylic acids is 1. The monoisotopic (exact) mass is 263 g/mol. The smallest absolute Gasteiger partial charge is 0.226 e. The van der Waals surface area contributed by atoms with Gasteiger partial charge in [-0.25, -0.2) is 4.98 Å². The molecule has 0 aliphatic carbocycles. The molecule has 20 heavy (non-hydrogen) atoms. The number of carbonyl (C=O) groups is 1. The van der Waals surface area contributed by atoms with Crippen LogP contribution in [0.4, 0.5) is 0 Å². The predicted octanol–water partition coefficient (Wildman–Crippen LogP) is 3.77. The van der Waals surface area contributed by atoms with E-state index in [0.717, 1.165) is 5.56 Å². The van der Waals surface area contributed by atoms with Gasteiger partial charge in [0.1, 0.15) is 5.76 Å². The highest BCUT2D eigenvalue weighted by atomic mass is 16.4. The molecule has 3 aromatic rings. The summed E-state index contributed by atoms with van der Waals surface area (Å²) < 4.78 is 5.63. The van der Waals surface area contributed by atoms with Crippen LogP contribution in [0.5, 0.6) is 0 Å². The topological polar surface area (TPSA) is 43.1 Å². The molecular formula is C17H13NO2. The molecule has 0 saturated carbocycles. The molecule has 0 N–H and O–H groups in total. The molecule has 0 unspecified atom stereocenters. The van der Waals surface area contributed by atoms with Crippen molar-refractivity contribution in [2.24, 2.45) is 0 Å². The van der Waals surface area contributed by atoms with E-state index in [4.69, 9.17) is 4.42 Å². The molecule has 3 rings (SSSR count). The summed E-state index contributed by atoms with van der Waals surface area (Å²) in [6, 6.07) is 18.8. The fourth-order valence-corrected chi connectivity index (χ4v) is 1.99. The second-order valence-corrected chi connectivity index (χ2v) is 4.46. The maximum Gasteiger partial charge on any atom is 0.226 e. The molecular weight excluding hydrogens is 250 g/mol. The number of oxazole rings is 1. The number of hydrogen-bond donors (Lipinski definition) is 0. The number of benzene rings is 2. The molecule has 0 bridgehead atoms. The van der Waals surface area contributed by atoms with Crippen molar-refractivity contribution in [2.75, 3.05) is 0 Å². The van der Waals surface area contributed by atoms with E-state index in [9.17, 15) is 4.79 Å². The van der Waals surface area contributed by atoms with Gasteiger partial charge in [-0.15, -0.1) is 0 Å². The first-order valence-electron chi connectivity index (χ1n) is 6.41. The van der Waals surface area contributed by atoms with Crippen LogP contribution in [0.3, 0.4) is 0 Å². The van der Waals surface area contributed by atoms with E-state index < -0.39 is 0 Å². The molecule has 3 nitrogen and oxygen atoms in total. The minimum atomic E-state index is 0.0290. The third-order valence-electron chi connectivity index (χ3n) is 3.00. The Hall–Kier alpha value is -2.68. The lowest BCUT2D eigenvalue weighted by Crippen LogP contribution is -2.02. The van der Waals surface area contributed by atoms with Gasteiger partial charge >= 0.3 is 0 Å². The zero-order valence-corrected chi connectivity index (χ0v) is 10.8. The molecule has 1 aromatic heterocycles. The molecule has 98 valence electrons. The average Bonchev–Trinajstić information content (AvgIpc) is 2.97. The lowest BCUT2D eigenvalue weighted by atomic mass is 10.1. The van der Waals surface area contributed by atoms with E-state index in [1.54, 1.807) is 18.3 Å². The zero-order valence-electron chi connectivity index (χ0n) is 10.8. The summed E-state index contributed by atoms with van der Waals surface area (Å²) in [6.45, 7) is 0. The highest BCUT2D eigenvalue weighted by molar-refractivity contribution is 5.97. The van der Waals surface area contributed by atoms with Gasteiger partial charge < -0.3 is 4.42 Å². The van der Waals surface area contributed by atoms with Gasteiger partial charge in [0.05, 0.1) is 12.6 Å². The van der Waals surface area contributed by atoms with Crippen LogP contribution in [-0.2, 0) is 6.42 Å². The summed E-state index contributed by atoms with van der Waals surface area (Å²) in [6.07, 6.45) is 1.84. The third-order valence-corrected chi connectivity index (χ3v) is 3.00. The van der Waals surface area contributed by atoms with Crippen molar-refractivity contribution < 1.29 is 9.21 Å². The molecule has 2 aromatic carbocycles. The minimum Gasteiger partial charge on any atom is -0.441 e. The fourth-order valence-electron chi connectivity index (χ4n) is 1.99. The number of nitrogens with zero attached hydrogens (tertiary/aromatic N) is 1. The van der Waals surface area contributed by atoms with Crippen molar-refractivity contribution in [3.8, 4) is 11.5 Å². The maximum atomic E-state index is 12.1. The SMILES string of the molecule is O=C(Cc1cnc(-c2ccccc2)o1)c1ccccc1. The Bertz CT molecular complexity index is 702. The summed E-state index contributed by atoms with van der Waals surface area (Å²) in [4.78, 5) is 16.3. The van der Waals surface area contributed by atoms with Gasteiger partial charge in [0.25, 0.3) is 0 Å². The fraction of sp³-hybridized carbons (Fsp3) is 0.0588. The summed E-state index contributed by atoms with van der Waals surface area (Å²) in [7, 11) is 0. The second kappa shape index (κ2) is 5.53. The van der Waals surface area contributed by atoms with Crippen molar-refractivity contribution in [3.05, 3.63) is 78.2 Å². The van der Waals surface area contributed by atoms with Gasteiger partial charge in [-0.2, -0.15) is 0 Å². The van der Waals surface area contributed by atoms with Gasteiger partial charge in [0.15, 0.2) is 5.78 Å². The van der Waals surface area contributed by atoms with E-state index in [0.29, 0.717) is 17.2 Å². The molecule has 1 heterocycles. The first-order valence-corrected chi connectivity index (χ1v) is 6.41. The summed E-state index contributed by atoms with van der Waals surface area (Å²) in [5.41, 5.74) is 1.59. The standard InChI is InChI=1S/C17H13NO2/c19-16(13-7-3-1-4-8-13)11-15-12-18-17(20-15)14-9-5-2-6-10-14/h1-10,12H,11H2. The number of ketones is 1. The zero-order chi connectivity index (χ0) is 13.8. The van der Waals surface area contributed by atoms with Crippen LogP contribution < -0.4 is 0 Å². The number of hydrogen-bond acceptors (Lipinski definition) is 3. The van der Waals surface area contributed by atoms with Crippen LogP contribution in [0.25, 0.3) is 11.5 Å². The van der Waals surface area contributed by atoms with Gasteiger partial charge in [0.2, 0.25) is 5.89 Å². The molecule has 0 aliphatic rings. The first kappa shape index (κ1) is 12.4. The van der Waals surface area contributed by atoms with E-state index in [1.807, 2.05) is 48.5 Å². The van der Waals surface area contributed by atoms with Crippen LogP contribution in [0.2, 0.25) is 0 Å².